The maximum Gasteiger partial charge on any atom is 0.0667 e. The summed E-state index contributed by atoms with van der Waals surface area (Å²) in [6.45, 7) is 9.56. The topological polar surface area (TPSA) is 50.5 Å². The van der Waals surface area contributed by atoms with Crippen LogP contribution in [0.2, 0.25) is 0 Å². The maximum atomic E-state index is 6.03. The van der Waals surface area contributed by atoms with Gasteiger partial charge in [0, 0.05) is 25.7 Å². The van der Waals surface area contributed by atoms with E-state index < -0.39 is 0 Å². The fourth-order valence-corrected chi connectivity index (χ4v) is 2.69. The third-order valence-corrected chi connectivity index (χ3v) is 4.13. The molecular formula is C14H31N3O. The highest BCUT2D eigenvalue weighted by Gasteiger charge is 2.30. The van der Waals surface area contributed by atoms with Crippen molar-refractivity contribution in [1.29, 1.82) is 0 Å². The van der Waals surface area contributed by atoms with E-state index in [0.29, 0.717) is 0 Å². The smallest absolute Gasteiger partial charge is 0.0667 e. The quantitative estimate of drug-likeness (QED) is 0.720. The zero-order chi connectivity index (χ0) is 13.4. The van der Waals surface area contributed by atoms with Crippen LogP contribution in [0.5, 0.6) is 0 Å². The molecular weight excluding hydrogens is 226 g/mol. The number of nitrogens with one attached hydrogen (secondary N) is 1. The molecule has 0 bridgehead atoms. The number of likely N-dealkylation sites (tertiary alicyclic amines) is 1. The largest absolute Gasteiger partial charge is 0.380 e. The molecule has 0 radical (unpaired) electrons. The standard InChI is InChI=1S/C14H31N3O/c1-4-8-17-9-5-6-14(12-15,7-10-17)16-11-13(2)18-3/h13,16H,4-12,15H2,1-3H3. The van der Waals surface area contributed by atoms with Crippen LogP contribution < -0.4 is 11.1 Å². The summed E-state index contributed by atoms with van der Waals surface area (Å²) in [5.74, 6) is 0. The molecule has 2 atom stereocenters. The minimum absolute atomic E-state index is 0.120. The zero-order valence-corrected chi connectivity index (χ0v) is 12.4. The van der Waals surface area contributed by atoms with E-state index in [2.05, 4.69) is 24.1 Å². The van der Waals surface area contributed by atoms with Gasteiger partial charge in [-0.05, 0) is 52.2 Å². The van der Waals surface area contributed by atoms with Gasteiger partial charge in [-0.25, -0.2) is 0 Å². The number of nitrogens with two attached hydrogens (primary N) is 1. The van der Waals surface area contributed by atoms with Gasteiger partial charge in [-0.3, -0.25) is 0 Å². The molecule has 4 heteroatoms. The lowest BCUT2D eigenvalue weighted by atomic mass is 9.90. The number of hydrogen-bond acceptors (Lipinski definition) is 4. The molecule has 1 rings (SSSR count). The Hall–Kier alpha value is -0.160. The molecule has 1 aliphatic rings. The molecule has 0 aromatic heterocycles. The highest BCUT2D eigenvalue weighted by atomic mass is 16.5. The highest BCUT2D eigenvalue weighted by molar-refractivity contribution is 4.92. The SMILES string of the molecule is CCCN1CCCC(CN)(NCC(C)OC)CC1. The van der Waals surface area contributed by atoms with Crippen molar-refractivity contribution in [3.8, 4) is 0 Å². The van der Waals surface area contributed by atoms with Crippen molar-refractivity contribution in [3.05, 3.63) is 0 Å². The maximum absolute atomic E-state index is 6.03. The van der Waals surface area contributed by atoms with Crippen LogP contribution in [0.1, 0.15) is 39.5 Å². The van der Waals surface area contributed by atoms with Crippen molar-refractivity contribution in [1.82, 2.24) is 10.2 Å². The number of rotatable bonds is 7. The Kier molecular flexibility index (Phi) is 7.15. The van der Waals surface area contributed by atoms with E-state index >= 15 is 0 Å². The Labute approximate surface area is 112 Å². The third-order valence-electron chi connectivity index (χ3n) is 4.13. The van der Waals surface area contributed by atoms with E-state index in [1.807, 2.05) is 0 Å². The van der Waals surface area contributed by atoms with Gasteiger partial charge in [0.05, 0.1) is 6.10 Å². The van der Waals surface area contributed by atoms with Gasteiger partial charge in [0.1, 0.15) is 0 Å². The molecule has 18 heavy (non-hydrogen) atoms. The predicted molar refractivity (Wildman–Crippen MR) is 76.8 cm³/mol. The van der Waals surface area contributed by atoms with Gasteiger partial charge in [-0.2, -0.15) is 0 Å². The van der Waals surface area contributed by atoms with Crippen LogP contribution in [-0.2, 0) is 4.74 Å². The Balaban J connectivity index is 2.48. The van der Waals surface area contributed by atoms with Crippen LogP contribution >= 0.6 is 0 Å². The monoisotopic (exact) mass is 257 g/mol. The summed E-state index contributed by atoms with van der Waals surface area (Å²) in [6, 6.07) is 0. The predicted octanol–water partition coefficient (Wildman–Crippen LogP) is 1.20. The molecule has 0 spiro atoms. The van der Waals surface area contributed by atoms with Crippen molar-refractivity contribution < 1.29 is 4.74 Å². The molecule has 0 aromatic carbocycles. The van der Waals surface area contributed by atoms with Crippen LogP contribution in [-0.4, -0.2) is 56.4 Å². The van der Waals surface area contributed by atoms with Crippen LogP contribution in [0, 0.1) is 0 Å². The molecule has 1 fully saturated rings. The summed E-state index contributed by atoms with van der Waals surface area (Å²) >= 11 is 0. The molecule has 1 heterocycles. The molecule has 0 aliphatic carbocycles. The molecule has 4 nitrogen and oxygen atoms in total. The normalized spacial score (nSPS) is 28.0. The molecule has 0 saturated carbocycles. The number of methoxy groups -OCH3 is 1. The minimum atomic E-state index is 0.120. The van der Waals surface area contributed by atoms with Crippen LogP contribution in [0.3, 0.4) is 0 Å². The zero-order valence-electron chi connectivity index (χ0n) is 12.4. The summed E-state index contributed by atoms with van der Waals surface area (Å²) in [7, 11) is 1.76. The van der Waals surface area contributed by atoms with E-state index in [1.165, 1.54) is 38.9 Å². The van der Waals surface area contributed by atoms with Crippen LogP contribution in [0.4, 0.5) is 0 Å². The summed E-state index contributed by atoms with van der Waals surface area (Å²) in [5, 5.41) is 3.66. The summed E-state index contributed by atoms with van der Waals surface area (Å²) in [4.78, 5) is 2.57. The highest BCUT2D eigenvalue weighted by Crippen LogP contribution is 2.21. The Morgan fingerprint density at radius 3 is 2.78 bits per heavy atom. The van der Waals surface area contributed by atoms with E-state index in [9.17, 15) is 0 Å². The van der Waals surface area contributed by atoms with Crippen molar-refractivity contribution in [2.75, 3.05) is 39.8 Å². The van der Waals surface area contributed by atoms with Crippen LogP contribution in [0.15, 0.2) is 0 Å². The number of ether oxygens (including phenoxy) is 1. The first-order valence-corrected chi connectivity index (χ1v) is 7.36. The number of nitrogens with zero attached hydrogens (tertiary/aromatic N) is 1. The van der Waals surface area contributed by atoms with E-state index in [-0.39, 0.29) is 11.6 Å². The molecule has 3 N–H and O–H groups in total. The second-order valence-electron chi connectivity index (χ2n) is 5.61. The first kappa shape index (κ1) is 15.9. The summed E-state index contributed by atoms with van der Waals surface area (Å²) in [6.07, 6.45) is 5.07. The van der Waals surface area contributed by atoms with E-state index in [4.69, 9.17) is 10.5 Å². The van der Waals surface area contributed by atoms with E-state index in [1.54, 1.807) is 7.11 Å². The first-order chi connectivity index (χ1) is 8.65. The lowest BCUT2D eigenvalue weighted by Gasteiger charge is -2.34. The Morgan fingerprint density at radius 1 is 1.39 bits per heavy atom. The van der Waals surface area contributed by atoms with Crippen molar-refractivity contribution in [2.45, 2.75) is 51.2 Å². The molecule has 0 amide bonds. The molecule has 0 aromatic rings. The second-order valence-corrected chi connectivity index (χ2v) is 5.61. The molecule has 2 unspecified atom stereocenters. The molecule has 1 saturated heterocycles. The lowest BCUT2D eigenvalue weighted by molar-refractivity contribution is 0.104. The van der Waals surface area contributed by atoms with Crippen molar-refractivity contribution in [2.24, 2.45) is 5.73 Å². The summed E-state index contributed by atoms with van der Waals surface area (Å²) in [5.41, 5.74) is 6.15. The van der Waals surface area contributed by atoms with Crippen molar-refractivity contribution >= 4 is 0 Å². The molecule has 108 valence electrons. The van der Waals surface area contributed by atoms with Gasteiger partial charge in [-0.1, -0.05) is 6.92 Å². The second kappa shape index (κ2) is 8.10. The van der Waals surface area contributed by atoms with Gasteiger partial charge in [-0.15, -0.1) is 0 Å². The fraction of sp³-hybridized carbons (Fsp3) is 1.00. The van der Waals surface area contributed by atoms with Crippen LogP contribution in [0.25, 0.3) is 0 Å². The summed E-state index contributed by atoms with van der Waals surface area (Å²) < 4.78 is 5.31. The number of hydrogen-bond donors (Lipinski definition) is 2. The van der Waals surface area contributed by atoms with Crippen molar-refractivity contribution in [3.63, 3.8) is 0 Å². The van der Waals surface area contributed by atoms with Gasteiger partial charge < -0.3 is 20.7 Å². The average molecular weight is 257 g/mol. The molecule has 1 aliphatic heterocycles. The average Bonchev–Trinajstić information content (AvgIpc) is 2.60. The van der Waals surface area contributed by atoms with Gasteiger partial charge in [0.2, 0.25) is 0 Å². The van der Waals surface area contributed by atoms with Gasteiger partial charge in [0.25, 0.3) is 0 Å². The van der Waals surface area contributed by atoms with Gasteiger partial charge >= 0.3 is 0 Å². The van der Waals surface area contributed by atoms with E-state index in [0.717, 1.165) is 19.5 Å². The Morgan fingerprint density at radius 2 is 2.17 bits per heavy atom. The minimum Gasteiger partial charge on any atom is -0.380 e. The lowest BCUT2D eigenvalue weighted by Crippen LogP contribution is -2.53. The van der Waals surface area contributed by atoms with Gasteiger partial charge in [0.15, 0.2) is 0 Å². The Bertz CT molecular complexity index is 225. The first-order valence-electron chi connectivity index (χ1n) is 7.36. The fourth-order valence-electron chi connectivity index (χ4n) is 2.69. The third kappa shape index (κ3) is 4.84.